The maximum atomic E-state index is 15.2. The molecule has 0 radical (unpaired) electrons. The molecule has 0 saturated carbocycles. The van der Waals surface area contributed by atoms with Crippen LogP contribution in [0.15, 0.2) is 73.3 Å². The molecule has 10 rings (SSSR count). The summed E-state index contributed by atoms with van der Waals surface area (Å²) in [6, 6.07) is 21.5. The van der Waals surface area contributed by atoms with Crippen molar-refractivity contribution in [2.75, 3.05) is 31.3 Å². The molecule has 4 N–H and O–H groups in total. The SMILES string of the molecule is CCCCCCCCCOCCCOP(=O)(Oc1cccc(C[C@H]2O[C@@](C#N)(c3ccc4c(N)ncnn34)[C@@H]3OC(C)(C)O[C@@H]32)c1Cl)Oc1cccc(C[C@H]2O[C@@](C#N)(c3ccc4c(N)ncnn34)[C@@H]3OC(C)(C)O[C@@H]32)c1Cl. The smallest absolute Gasteiger partial charge is 0.393 e. The van der Waals surface area contributed by atoms with Crippen molar-refractivity contribution < 1.29 is 51.3 Å². The first-order valence-corrected chi connectivity index (χ1v) is 28.5. The number of anilines is 2. The molecule has 4 aliphatic heterocycles. The van der Waals surface area contributed by atoms with Crippen molar-refractivity contribution in [2.45, 2.75) is 158 Å². The largest absolute Gasteiger partial charge is 0.587 e. The van der Waals surface area contributed by atoms with Gasteiger partial charge in [0, 0.05) is 26.1 Å². The van der Waals surface area contributed by atoms with Gasteiger partial charge in [0.05, 0.1) is 40.2 Å². The van der Waals surface area contributed by atoms with Crippen LogP contribution in [0.25, 0.3) is 11.0 Å². The summed E-state index contributed by atoms with van der Waals surface area (Å²) in [6.45, 7) is 10.1. The molecule has 0 bridgehead atoms. The number of unbranched alkanes of at least 4 members (excludes halogenated alkanes) is 6. The average molecular weight is 1130 g/mol. The summed E-state index contributed by atoms with van der Waals surface area (Å²) in [5.74, 6) is -1.78. The van der Waals surface area contributed by atoms with Crippen LogP contribution in [-0.2, 0) is 66.3 Å². The summed E-state index contributed by atoms with van der Waals surface area (Å²) >= 11 is 14.4. The molecule has 4 saturated heterocycles. The van der Waals surface area contributed by atoms with E-state index in [2.05, 4.69) is 39.2 Å². The summed E-state index contributed by atoms with van der Waals surface area (Å²) in [5.41, 5.74) is 11.7. The summed E-state index contributed by atoms with van der Waals surface area (Å²) < 4.78 is 81.8. The monoisotopic (exact) mass is 1130 g/mol. The second kappa shape index (κ2) is 22.5. The van der Waals surface area contributed by atoms with Crippen LogP contribution in [-0.4, -0.2) is 97.2 Å². The highest BCUT2D eigenvalue weighted by Crippen LogP contribution is 2.55. The Morgan fingerprint density at radius 1 is 0.628 bits per heavy atom. The van der Waals surface area contributed by atoms with E-state index in [0.717, 1.165) is 19.3 Å². The molecule has 4 aromatic heterocycles. The van der Waals surface area contributed by atoms with Crippen molar-refractivity contribution in [2.24, 2.45) is 0 Å². The van der Waals surface area contributed by atoms with Crippen LogP contribution in [0.4, 0.5) is 11.6 Å². The van der Waals surface area contributed by atoms with Crippen LogP contribution in [0.1, 0.15) is 109 Å². The van der Waals surface area contributed by atoms with Crippen LogP contribution >= 0.6 is 31.0 Å². The van der Waals surface area contributed by atoms with Crippen LogP contribution in [0, 0.1) is 22.7 Å². The number of fused-ring (bicyclic) bond motifs is 4. The second-order valence-electron chi connectivity index (χ2n) is 20.8. The Labute approximate surface area is 461 Å². The Kier molecular flexibility index (Phi) is 16.0. The quantitative estimate of drug-likeness (QED) is 0.0446. The van der Waals surface area contributed by atoms with Crippen LogP contribution in [0.5, 0.6) is 11.5 Å². The van der Waals surface area contributed by atoms with E-state index < -0.39 is 67.2 Å². The number of halogens is 2. The van der Waals surface area contributed by atoms with Gasteiger partial charge in [-0.05, 0) is 88.1 Å². The molecule has 4 aliphatic rings. The van der Waals surface area contributed by atoms with E-state index in [1.165, 1.54) is 59.5 Å². The Morgan fingerprint density at radius 3 is 1.56 bits per heavy atom. The number of hydrogen-bond acceptors (Lipinski definition) is 19. The second-order valence-corrected chi connectivity index (χ2v) is 23.1. The molecular weight excluding hydrogens is 1070 g/mol. The molecule has 0 amide bonds. The van der Waals surface area contributed by atoms with Crippen molar-refractivity contribution in [3.05, 3.63) is 106 Å². The Morgan fingerprint density at radius 2 is 1.09 bits per heavy atom. The molecule has 2 aromatic carbocycles. The van der Waals surface area contributed by atoms with E-state index in [4.69, 9.17) is 81.4 Å². The minimum absolute atomic E-state index is 0.0288. The van der Waals surface area contributed by atoms with Gasteiger partial charge in [0.15, 0.2) is 34.7 Å². The normalized spacial score (nSPS) is 26.0. The molecular formula is C54H63Cl2N10O11P. The van der Waals surface area contributed by atoms with E-state index in [-0.39, 0.29) is 52.6 Å². The molecule has 0 spiro atoms. The van der Waals surface area contributed by atoms with Gasteiger partial charge in [-0.15, -0.1) is 0 Å². The number of phosphoric ester groups is 1. The summed E-state index contributed by atoms with van der Waals surface area (Å²) in [5, 5.41) is 30.8. The number of ether oxygens (including phenoxy) is 7. The fraction of sp³-hybridized carbons (Fsp3) is 0.519. The lowest BCUT2D eigenvalue weighted by Crippen LogP contribution is -2.40. The number of nitrogens with zero attached hydrogens (tertiary/aromatic N) is 8. The predicted molar refractivity (Wildman–Crippen MR) is 285 cm³/mol. The van der Waals surface area contributed by atoms with Gasteiger partial charge in [0.25, 0.3) is 0 Å². The standard InChI is InChI=1S/C54H63Cl2N10O11P/c1-6-7-8-9-10-11-12-24-68-25-15-26-69-78(67,76-37-18-13-16-33(43(37)55)27-39-45-47(74-51(2,3)72-45)53(29-57,70-39)41-22-20-35-49(59)61-31-63-65(35)41)77-38-19-14-17-34(44(38)56)28-40-46-48(75-52(4,5)73-46)54(30-58,71-40)42-23-21-36-50(60)62-32-64-66(36)42/h13-14,16-23,31-32,39-40,45-48H,6-12,15,24-28H2,1-5H3,(H2,59,61,63)(H2,60,62,64)/t39-,40-,45-,46-,47-,48-,53+,54+/m1/s1. The fourth-order valence-corrected chi connectivity index (χ4v) is 12.8. The van der Waals surface area contributed by atoms with Crippen molar-refractivity contribution in [1.29, 1.82) is 10.5 Å². The molecule has 78 heavy (non-hydrogen) atoms. The first kappa shape index (κ1) is 55.7. The van der Waals surface area contributed by atoms with Gasteiger partial charge in [-0.25, -0.2) is 23.6 Å². The number of phosphoric acid groups is 1. The predicted octanol–water partition coefficient (Wildman–Crippen LogP) is 9.74. The highest BCUT2D eigenvalue weighted by molar-refractivity contribution is 7.49. The maximum Gasteiger partial charge on any atom is 0.587 e. The van der Waals surface area contributed by atoms with E-state index in [0.29, 0.717) is 53.2 Å². The molecule has 0 aliphatic carbocycles. The van der Waals surface area contributed by atoms with Gasteiger partial charge >= 0.3 is 7.82 Å². The molecule has 8 atom stereocenters. The highest BCUT2D eigenvalue weighted by atomic mass is 35.5. The number of nitrogens with two attached hydrogens (primary N) is 2. The summed E-state index contributed by atoms with van der Waals surface area (Å²) in [6.07, 6.45) is 6.38. The van der Waals surface area contributed by atoms with Crippen molar-refractivity contribution in [3.8, 4) is 23.6 Å². The fourth-order valence-electron chi connectivity index (χ4n) is 10.9. The molecule has 21 nitrogen and oxygen atoms in total. The van der Waals surface area contributed by atoms with Gasteiger partial charge in [0.1, 0.15) is 60.2 Å². The Balaban J connectivity index is 0.898. The third kappa shape index (κ3) is 10.8. The lowest BCUT2D eigenvalue weighted by molar-refractivity contribution is -0.201. The van der Waals surface area contributed by atoms with Crippen molar-refractivity contribution >= 4 is 53.7 Å². The first-order chi connectivity index (χ1) is 37.4. The van der Waals surface area contributed by atoms with Gasteiger partial charge < -0.3 is 53.7 Å². The Bertz CT molecular complexity index is 3100. The number of nitriles is 2. The van der Waals surface area contributed by atoms with Crippen molar-refractivity contribution in [1.82, 2.24) is 29.2 Å². The third-order valence-electron chi connectivity index (χ3n) is 14.4. The van der Waals surface area contributed by atoms with Crippen LogP contribution in [0.3, 0.4) is 0 Å². The van der Waals surface area contributed by atoms with Crippen molar-refractivity contribution in [3.63, 3.8) is 0 Å². The van der Waals surface area contributed by atoms with E-state index in [1.807, 2.05) is 0 Å². The van der Waals surface area contributed by atoms with Gasteiger partial charge in [-0.2, -0.15) is 20.7 Å². The zero-order valence-corrected chi connectivity index (χ0v) is 46.4. The zero-order valence-electron chi connectivity index (χ0n) is 44.0. The number of aromatic nitrogens is 6. The topological polar surface area (TPSA) is 269 Å². The minimum Gasteiger partial charge on any atom is -0.393 e. The van der Waals surface area contributed by atoms with Crippen LogP contribution in [0.2, 0.25) is 10.0 Å². The van der Waals surface area contributed by atoms with Gasteiger partial charge in [-0.3, -0.25) is 4.52 Å². The maximum absolute atomic E-state index is 15.2. The van der Waals surface area contributed by atoms with Gasteiger partial charge in [0.2, 0.25) is 11.2 Å². The number of rotatable bonds is 23. The third-order valence-corrected chi connectivity index (χ3v) is 16.6. The number of nitrogen functional groups attached to an aromatic ring is 2. The lowest BCUT2D eigenvalue weighted by Gasteiger charge is -2.29. The number of hydrogen-bond donors (Lipinski definition) is 2. The average Bonchev–Trinajstić information content (AvgIpc) is 4.06. The zero-order chi connectivity index (χ0) is 55.0. The molecule has 414 valence electrons. The lowest BCUT2D eigenvalue weighted by atomic mass is 9.91. The molecule has 0 unspecified atom stereocenters. The van der Waals surface area contributed by atoms with E-state index in [1.54, 1.807) is 76.2 Å². The molecule has 8 heterocycles. The first-order valence-electron chi connectivity index (χ1n) is 26.3. The molecule has 6 aromatic rings. The molecule has 4 fully saturated rings. The number of benzene rings is 2. The Hall–Kier alpha value is -5.65. The summed E-state index contributed by atoms with van der Waals surface area (Å²) in [7, 11) is -4.66. The highest BCUT2D eigenvalue weighted by Gasteiger charge is 2.66. The van der Waals surface area contributed by atoms with Crippen LogP contribution < -0.4 is 20.5 Å². The molecule has 24 heteroatoms. The van der Waals surface area contributed by atoms with E-state index >= 15 is 4.57 Å². The summed E-state index contributed by atoms with van der Waals surface area (Å²) in [4.78, 5) is 8.19. The van der Waals surface area contributed by atoms with E-state index in [9.17, 15) is 10.5 Å². The minimum atomic E-state index is -4.66. The van der Waals surface area contributed by atoms with Gasteiger partial charge in [-0.1, -0.05) is 92.9 Å².